The number of carbonyl (C=O) groups is 1. The van der Waals surface area contributed by atoms with E-state index in [1.807, 2.05) is 65.9 Å². The first-order valence-electron chi connectivity index (χ1n) is 9.82. The van der Waals surface area contributed by atoms with Crippen LogP contribution in [0.5, 0.6) is 0 Å². The number of fused-ring (bicyclic) bond motifs is 1. The molecule has 3 aromatic heterocycles. The van der Waals surface area contributed by atoms with Crippen molar-refractivity contribution in [2.45, 2.75) is 40.4 Å². The van der Waals surface area contributed by atoms with Gasteiger partial charge in [-0.3, -0.25) is 14.2 Å². The molecule has 0 saturated heterocycles. The maximum absolute atomic E-state index is 13.1. The maximum atomic E-state index is 13.1. The molecule has 0 atom stereocenters. The average Bonchev–Trinajstić information content (AvgIpc) is 3.37. The molecule has 0 unspecified atom stereocenters. The van der Waals surface area contributed by atoms with Crippen LogP contribution in [0.2, 0.25) is 0 Å². The molecular formula is C22H24N6O. The molecule has 4 aromatic rings. The molecule has 7 nitrogen and oxygen atoms in total. The molecule has 0 aliphatic rings. The Labute approximate surface area is 169 Å². The zero-order valence-electron chi connectivity index (χ0n) is 16.9. The normalized spacial score (nSPS) is 11.1. The predicted octanol–water partition coefficient (Wildman–Crippen LogP) is 3.57. The number of aromatic nitrogens is 5. The van der Waals surface area contributed by atoms with Crippen molar-refractivity contribution < 1.29 is 4.79 Å². The summed E-state index contributed by atoms with van der Waals surface area (Å²) in [5.74, 6) is -0.130. The number of nitrogens with one attached hydrogen (secondary N) is 1. The number of benzene rings is 1. The van der Waals surface area contributed by atoms with Crippen LogP contribution in [-0.2, 0) is 19.6 Å². The summed E-state index contributed by atoms with van der Waals surface area (Å²) in [6.45, 7) is 8.13. The average molecular weight is 388 g/mol. The summed E-state index contributed by atoms with van der Waals surface area (Å²) in [7, 11) is 0. The van der Waals surface area contributed by atoms with E-state index in [1.54, 1.807) is 6.20 Å². The lowest BCUT2D eigenvalue weighted by Gasteiger charge is -2.10. The van der Waals surface area contributed by atoms with Gasteiger partial charge in [0.2, 0.25) is 0 Å². The predicted molar refractivity (Wildman–Crippen MR) is 112 cm³/mol. The molecule has 0 bridgehead atoms. The van der Waals surface area contributed by atoms with Crippen LogP contribution in [0.15, 0.2) is 48.9 Å². The first kappa shape index (κ1) is 18.9. The Hall–Kier alpha value is -3.48. The van der Waals surface area contributed by atoms with Gasteiger partial charge in [-0.25, -0.2) is 4.98 Å². The van der Waals surface area contributed by atoms with Crippen LogP contribution in [0.3, 0.4) is 0 Å². The first-order valence-corrected chi connectivity index (χ1v) is 9.82. The SMILES string of the molecule is CCn1cc(CNC(=O)c2cc(-c3cnn(CC)c3C)nc3ccccc23)cn1. The molecule has 29 heavy (non-hydrogen) atoms. The monoisotopic (exact) mass is 388 g/mol. The Bertz CT molecular complexity index is 1170. The number of hydrogen-bond donors (Lipinski definition) is 1. The molecule has 0 aliphatic carbocycles. The standard InChI is InChI=1S/C22H24N6O/c1-4-27-14-16(12-24-27)11-23-22(29)18-10-21(19-13-25-28(5-2)15(19)3)26-20-9-7-6-8-17(18)20/h6-10,12-14H,4-5,11H2,1-3H3,(H,23,29). The molecule has 0 aliphatic heterocycles. The fourth-order valence-corrected chi connectivity index (χ4v) is 3.47. The number of aryl methyl sites for hydroxylation is 2. The van der Waals surface area contributed by atoms with E-state index < -0.39 is 0 Å². The molecular weight excluding hydrogens is 364 g/mol. The van der Waals surface area contributed by atoms with Crippen LogP contribution in [0.25, 0.3) is 22.2 Å². The second-order valence-electron chi connectivity index (χ2n) is 6.92. The van der Waals surface area contributed by atoms with Crippen LogP contribution in [0.4, 0.5) is 0 Å². The Morgan fingerprint density at radius 2 is 1.93 bits per heavy atom. The van der Waals surface area contributed by atoms with Gasteiger partial charge in [0.15, 0.2) is 0 Å². The minimum Gasteiger partial charge on any atom is -0.348 e. The van der Waals surface area contributed by atoms with Crippen LogP contribution < -0.4 is 5.32 Å². The fraction of sp³-hybridized carbons (Fsp3) is 0.273. The van der Waals surface area contributed by atoms with Gasteiger partial charge in [0.05, 0.1) is 29.2 Å². The minimum atomic E-state index is -0.130. The van der Waals surface area contributed by atoms with Crippen LogP contribution in [0, 0.1) is 6.92 Å². The van der Waals surface area contributed by atoms with Crippen LogP contribution in [0.1, 0.15) is 35.5 Å². The van der Waals surface area contributed by atoms with Crippen molar-refractivity contribution in [2.24, 2.45) is 0 Å². The smallest absolute Gasteiger partial charge is 0.252 e. The topological polar surface area (TPSA) is 77.6 Å². The van der Waals surface area contributed by atoms with Gasteiger partial charge >= 0.3 is 0 Å². The number of pyridine rings is 1. The van der Waals surface area contributed by atoms with Gasteiger partial charge in [0.1, 0.15) is 0 Å². The summed E-state index contributed by atoms with van der Waals surface area (Å²) in [6, 6.07) is 9.57. The highest BCUT2D eigenvalue weighted by atomic mass is 16.1. The largest absolute Gasteiger partial charge is 0.348 e. The lowest BCUT2D eigenvalue weighted by atomic mass is 10.0. The second-order valence-corrected chi connectivity index (χ2v) is 6.92. The van der Waals surface area contributed by atoms with Crippen molar-refractivity contribution >= 4 is 16.8 Å². The molecule has 1 N–H and O–H groups in total. The Morgan fingerprint density at radius 3 is 2.66 bits per heavy atom. The molecule has 0 radical (unpaired) electrons. The number of rotatable bonds is 6. The van der Waals surface area contributed by atoms with E-state index in [0.717, 1.165) is 46.5 Å². The molecule has 1 amide bonds. The summed E-state index contributed by atoms with van der Waals surface area (Å²) in [5, 5.41) is 12.5. The lowest BCUT2D eigenvalue weighted by Crippen LogP contribution is -2.23. The van der Waals surface area contributed by atoms with E-state index in [9.17, 15) is 4.79 Å². The van der Waals surface area contributed by atoms with E-state index in [-0.39, 0.29) is 5.91 Å². The molecule has 3 heterocycles. The third kappa shape index (κ3) is 3.63. The Kier molecular flexibility index (Phi) is 5.12. The van der Waals surface area contributed by atoms with Crippen molar-refractivity contribution in [1.82, 2.24) is 29.9 Å². The maximum Gasteiger partial charge on any atom is 0.252 e. The Morgan fingerprint density at radius 1 is 1.10 bits per heavy atom. The first-order chi connectivity index (χ1) is 14.1. The van der Waals surface area contributed by atoms with Crippen LogP contribution in [-0.4, -0.2) is 30.5 Å². The molecule has 1 aromatic carbocycles. The van der Waals surface area contributed by atoms with Crippen molar-refractivity contribution in [3.05, 3.63) is 65.7 Å². The summed E-state index contributed by atoms with van der Waals surface area (Å²) in [6.07, 6.45) is 5.54. The van der Waals surface area contributed by atoms with E-state index in [0.29, 0.717) is 12.1 Å². The third-order valence-electron chi connectivity index (χ3n) is 5.10. The summed E-state index contributed by atoms with van der Waals surface area (Å²) in [5.41, 5.74) is 5.10. The molecule has 0 spiro atoms. The van der Waals surface area contributed by atoms with Crippen molar-refractivity contribution in [2.75, 3.05) is 0 Å². The summed E-state index contributed by atoms with van der Waals surface area (Å²) < 4.78 is 3.77. The molecule has 7 heteroatoms. The zero-order valence-corrected chi connectivity index (χ0v) is 16.9. The summed E-state index contributed by atoms with van der Waals surface area (Å²) in [4.78, 5) is 17.8. The molecule has 148 valence electrons. The van der Waals surface area contributed by atoms with Crippen molar-refractivity contribution in [1.29, 1.82) is 0 Å². The highest BCUT2D eigenvalue weighted by Crippen LogP contribution is 2.27. The van der Waals surface area contributed by atoms with E-state index >= 15 is 0 Å². The minimum absolute atomic E-state index is 0.130. The number of nitrogens with zero attached hydrogens (tertiary/aromatic N) is 5. The van der Waals surface area contributed by atoms with Gasteiger partial charge in [-0.05, 0) is 32.9 Å². The van der Waals surface area contributed by atoms with Gasteiger partial charge in [-0.1, -0.05) is 18.2 Å². The molecule has 0 fully saturated rings. The third-order valence-corrected chi connectivity index (χ3v) is 5.10. The van der Waals surface area contributed by atoms with E-state index in [1.165, 1.54) is 0 Å². The highest BCUT2D eigenvalue weighted by molar-refractivity contribution is 6.07. The van der Waals surface area contributed by atoms with E-state index in [2.05, 4.69) is 22.4 Å². The van der Waals surface area contributed by atoms with Crippen molar-refractivity contribution in [3.63, 3.8) is 0 Å². The number of hydrogen-bond acceptors (Lipinski definition) is 4. The van der Waals surface area contributed by atoms with Gasteiger partial charge in [0.25, 0.3) is 5.91 Å². The van der Waals surface area contributed by atoms with Gasteiger partial charge in [-0.2, -0.15) is 10.2 Å². The second kappa shape index (κ2) is 7.87. The highest BCUT2D eigenvalue weighted by Gasteiger charge is 2.16. The lowest BCUT2D eigenvalue weighted by molar-refractivity contribution is 0.0952. The van der Waals surface area contributed by atoms with Gasteiger partial charge < -0.3 is 5.32 Å². The molecule has 4 rings (SSSR count). The Balaban J connectivity index is 1.70. The number of amides is 1. The van der Waals surface area contributed by atoms with Gasteiger partial charge in [-0.15, -0.1) is 0 Å². The number of carbonyl (C=O) groups excluding carboxylic acids is 1. The fourth-order valence-electron chi connectivity index (χ4n) is 3.47. The quantitative estimate of drug-likeness (QED) is 0.548. The van der Waals surface area contributed by atoms with E-state index in [4.69, 9.17) is 4.98 Å². The van der Waals surface area contributed by atoms with Crippen LogP contribution >= 0.6 is 0 Å². The molecule has 0 saturated carbocycles. The zero-order chi connectivity index (χ0) is 20.4. The summed E-state index contributed by atoms with van der Waals surface area (Å²) >= 11 is 0. The van der Waals surface area contributed by atoms with Gasteiger partial charge in [0, 0.05) is 48.0 Å². The van der Waals surface area contributed by atoms with Crippen molar-refractivity contribution in [3.8, 4) is 11.3 Å². The number of para-hydroxylation sites is 1.